The number of ether oxygens (including phenoxy) is 1. The van der Waals surface area contributed by atoms with Crippen LogP contribution in [0.1, 0.15) is 97.3 Å². The Morgan fingerprint density at radius 2 is 1.68 bits per heavy atom. The molecule has 3 rings (SSSR count). The van der Waals surface area contributed by atoms with Crippen molar-refractivity contribution < 1.29 is 23.5 Å². The van der Waals surface area contributed by atoms with E-state index < -0.39 is 31.9 Å². The summed E-state index contributed by atoms with van der Waals surface area (Å²) in [6, 6.07) is 6.77. The second kappa shape index (κ2) is 11.5. The monoisotopic (exact) mass is 544 g/mol. The summed E-state index contributed by atoms with van der Waals surface area (Å²) >= 11 is 0. The lowest BCUT2D eigenvalue weighted by molar-refractivity contribution is -0.160. The Bertz CT molecular complexity index is 1030. The van der Waals surface area contributed by atoms with Crippen molar-refractivity contribution in [3.63, 3.8) is 0 Å². The highest BCUT2D eigenvalue weighted by atomic mass is 28.4. The maximum atomic E-state index is 14.3. The van der Waals surface area contributed by atoms with Crippen molar-refractivity contribution in [2.45, 2.75) is 123 Å². The number of nitrogens with one attached hydrogen (secondary N) is 1. The highest BCUT2D eigenvalue weighted by Crippen LogP contribution is 2.43. The van der Waals surface area contributed by atoms with Gasteiger partial charge in [0.1, 0.15) is 5.75 Å². The van der Waals surface area contributed by atoms with Crippen molar-refractivity contribution in [2.75, 3.05) is 0 Å². The number of para-hydroxylation sites is 1. The third kappa shape index (κ3) is 5.71. The number of carbonyl (C=O) groups excluding carboxylic acids is 3. The predicted molar refractivity (Wildman–Crippen MR) is 152 cm³/mol. The van der Waals surface area contributed by atoms with E-state index in [-0.39, 0.29) is 28.9 Å². The molecule has 1 fully saturated rings. The van der Waals surface area contributed by atoms with Crippen LogP contribution in [0.4, 0.5) is 0 Å². The van der Waals surface area contributed by atoms with Crippen molar-refractivity contribution in [3.8, 4) is 5.75 Å². The Labute approximate surface area is 230 Å². The normalized spacial score (nSPS) is 22.6. The van der Waals surface area contributed by atoms with Gasteiger partial charge in [-0.3, -0.25) is 14.4 Å². The van der Waals surface area contributed by atoms with Gasteiger partial charge in [-0.05, 0) is 50.0 Å². The first kappa shape index (κ1) is 30.3. The average molecular weight is 545 g/mol. The third-order valence-corrected chi connectivity index (χ3v) is 13.4. The van der Waals surface area contributed by atoms with Gasteiger partial charge in [-0.2, -0.15) is 0 Å². The second-order valence-electron chi connectivity index (χ2n) is 12.7. The van der Waals surface area contributed by atoms with Crippen molar-refractivity contribution in [3.05, 3.63) is 29.8 Å². The molecule has 212 valence electrons. The van der Waals surface area contributed by atoms with Crippen LogP contribution in [0.15, 0.2) is 24.3 Å². The average Bonchev–Trinajstić information content (AvgIpc) is 2.83. The van der Waals surface area contributed by atoms with Gasteiger partial charge in [0.05, 0.1) is 29.5 Å². The van der Waals surface area contributed by atoms with Crippen molar-refractivity contribution in [1.82, 2.24) is 10.2 Å². The van der Waals surface area contributed by atoms with E-state index in [1.807, 2.05) is 26.0 Å². The summed E-state index contributed by atoms with van der Waals surface area (Å²) in [6.45, 7) is 18.8. The standard InChI is InChI=1S/C30H48N2O5Si/c1-10-12-18-30(19-13-11-2)32(28(35)22-16-14-15-17-23(22)36-30)27(34)20(3)25-24(26(33)31-25)21(4)37-38(8,9)29(5,6)7/h14-17,20-21,24-25H,10-13,18-19H2,1-9H3,(H,31,33)/t20-,21-,24-,25-/m1/s1. The Morgan fingerprint density at radius 1 is 1.11 bits per heavy atom. The number of rotatable bonds is 11. The molecule has 1 aromatic carbocycles. The first-order chi connectivity index (χ1) is 17.7. The van der Waals surface area contributed by atoms with E-state index in [0.717, 1.165) is 25.7 Å². The van der Waals surface area contributed by atoms with Gasteiger partial charge >= 0.3 is 0 Å². The largest absolute Gasteiger partial charge is 0.467 e. The second-order valence-corrected chi connectivity index (χ2v) is 17.4. The molecule has 1 N–H and O–H groups in total. The zero-order chi connectivity index (χ0) is 28.5. The summed E-state index contributed by atoms with van der Waals surface area (Å²) in [5, 5.41) is 2.96. The molecule has 1 aromatic rings. The summed E-state index contributed by atoms with van der Waals surface area (Å²) in [5.41, 5.74) is -0.629. The van der Waals surface area contributed by atoms with Gasteiger partial charge in [0.25, 0.3) is 5.91 Å². The minimum atomic E-state index is -2.12. The highest BCUT2D eigenvalue weighted by Gasteiger charge is 2.55. The minimum Gasteiger partial charge on any atom is -0.467 e. The van der Waals surface area contributed by atoms with Crippen LogP contribution in [-0.2, 0) is 14.0 Å². The van der Waals surface area contributed by atoms with E-state index in [0.29, 0.717) is 24.2 Å². The topological polar surface area (TPSA) is 84.9 Å². The first-order valence-electron chi connectivity index (χ1n) is 14.4. The molecule has 0 unspecified atom stereocenters. The van der Waals surface area contributed by atoms with Crippen molar-refractivity contribution in [2.24, 2.45) is 11.8 Å². The molecule has 0 saturated carbocycles. The summed E-state index contributed by atoms with van der Waals surface area (Å²) < 4.78 is 13.1. The van der Waals surface area contributed by atoms with E-state index in [4.69, 9.17) is 9.16 Å². The van der Waals surface area contributed by atoms with Gasteiger partial charge in [-0.25, -0.2) is 4.90 Å². The van der Waals surface area contributed by atoms with Crippen LogP contribution < -0.4 is 10.1 Å². The van der Waals surface area contributed by atoms with E-state index >= 15 is 0 Å². The molecular weight excluding hydrogens is 496 g/mol. The predicted octanol–water partition coefficient (Wildman–Crippen LogP) is 6.29. The third-order valence-electron chi connectivity index (χ3n) is 8.81. The first-order valence-corrected chi connectivity index (χ1v) is 17.3. The molecule has 38 heavy (non-hydrogen) atoms. The lowest BCUT2D eigenvalue weighted by Crippen LogP contribution is -2.69. The van der Waals surface area contributed by atoms with Crippen molar-refractivity contribution >= 4 is 26.0 Å². The number of fused-ring (bicyclic) bond motifs is 1. The van der Waals surface area contributed by atoms with E-state index in [1.165, 1.54) is 4.90 Å². The number of amides is 3. The molecular formula is C30H48N2O5Si. The fraction of sp³-hybridized carbons (Fsp3) is 0.700. The number of unbranched alkanes of at least 4 members (excludes halogenated alkanes) is 2. The molecule has 0 bridgehead atoms. The summed E-state index contributed by atoms with van der Waals surface area (Å²) in [6.07, 6.45) is 4.33. The molecule has 2 aliphatic heterocycles. The Kier molecular flexibility index (Phi) is 9.19. The molecule has 0 spiro atoms. The molecule has 2 heterocycles. The van der Waals surface area contributed by atoms with E-state index in [2.05, 4.69) is 53.0 Å². The Balaban J connectivity index is 1.94. The van der Waals surface area contributed by atoms with E-state index in [1.54, 1.807) is 12.1 Å². The molecule has 0 aliphatic carbocycles. The molecule has 3 amide bonds. The highest BCUT2D eigenvalue weighted by molar-refractivity contribution is 6.74. The van der Waals surface area contributed by atoms with Crippen LogP contribution in [0.2, 0.25) is 18.1 Å². The maximum absolute atomic E-state index is 14.3. The van der Waals surface area contributed by atoms with Gasteiger partial charge < -0.3 is 14.5 Å². The number of hydrogen-bond acceptors (Lipinski definition) is 5. The van der Waals surface area contributed by atoms with Gasteiger partial charge in [0.2, 0.25) is 11.8 Å². The molecule has 1 saturated heterocycles. The fourth-order valence-electron chi connectivity index (χ4n) is 5.38. The van der Waals surface area contributed by atoms with Gasteiger partial charge in [-0.1, -0.05) is 66.5 Å². The zero-order valence-corrected chi connectivity index (χ0v) is 25.8. The van der Waals surface area contributed by atoms with Crippen LogP contribution >= 0.6 is 0 Å². The van der Waals surface area contributed by atoms with Crippen LogP contribution in [0, 0.1) is 11.8 Å². The number of β-lactam (4-membered cyclic amide) rings is 1. The number of imide groups is 1. The smallest absolute Gasteiger partial charge is 0.267 e. The maximum Gasteiger partial charge on any atom is 0.267 e. The van der Waals surface area contributed by atoms with Gasteiger partial charge in [0.15, 0.2) is 14.0 Å². The number of benzene rings is 1. The summed E-state index contributed by atoms with van der Waals surface area (Å²) in [7, 11) is -2.12. The molecule has 0 radical (unpaired) electrons. The molecule has 2 aliphatic rings. The quantitative estimate of drug-likeness (QED) is 0.262. The fourth-order valence-corrected chi connectivity index (χ4v) is 6.81. The number of carbonyl (C=O) groups is 3. The van der Waals surface area contributed by atoms with E-state index in [9.17, 15) is 14.4 Å². The van der Waals surface area contributed by atoms with Crippen LogP contribution in [0.5, 0.6) is 5.75 Å². The minimum absolute atomic E-state index is 0.00151. The summed E-state index contributed by atoms with van der Waals surface area (Å²) in [4.78, 5) is 42.3. The summed E-state index contributed by atoms with van der Waals surface area (Å²) in [5.74, 6) is -1.24. The zero-order valence-electron chi connectivity index (χ0n) is 24.8. The van der Waals surface area contributed by atoms with Gasteiger partial charge in [-0.15, -0.1) is 0 Å². The number of hydrogen-bond donors (Lipinski definition) is 1. The lowest BCUT2D eigenvalue weighted by Gasteiger charge is -2.50. The van der Waals surface area contributed by atoms with Crippen molar-refractivity contribution in [1.29, 1.82) is 0 Å². The SMILES string of the molecule is CCCCC1(CCCC)Oc2ccccc2C(=O)N1C(=O)[C@H](C)[C@H]1NC(=O)[C@@H]1[C@@H](C)O[Si](C)(C)C(C)(C)C. The molecule has 0 aromatic heterocycles. The molecule has 8 heteroatoms. The number of nitrogens with zero attached hydrogens (tertiary/aromatic N) is 1. The van der Waals surface area contributed by atoms with Crippen LogP contribution in [-0.4, -0.2) is 48.8 Å². The Hall–Kier alpha value is -2.19. The molecule has 7 nitrogen and oxygen atoms in total. The lowest BCUT2D eigenvalue weighted by atomic mass is 9.78. The van der Waals surface area contributed by atoms with Crippen LogP contribution in [0.3, 0.4) is 0 Å². The van der Waals surface area contributed by atoms with Gasteiger partial charge in [0, 0.05) is 12.8 Å². The Morgan fingerprint density at radius 3 is 2.21 bits per heavy atom. The van der Waals surface area contributed by atoms with Crippen LogP contribution in [0.25, 0.3) is 0 Å². The molecule has 4 atom stereocenters.